The minimum Gasteiger partial charge on any atom is -0.493 e. The highest BCUT2D eigenvalue weighted by Gasteiger charge is 2.24. The second-order valence-corrected chi connectivity index (χ2v) is 11.1. The molecule has 2 heterocycles. The largest absolute Gasteiger partial charge is 0.493 e. The Morgan fingerprint density at radius 2 is 1.91 bits per heavy atom. The molecule has 1 fully saturated rings. The third kappa shape index (κ3) is 7.98. The van der Waals surface area contributed by atoms with Crippen molar-refractivity contribution in [2.24, 2.45) is 0 Å². The number of nitriles is 1. The summed E-state index contributed by atoms with van der Waals surface area (Å²) in [4.78, 5) is 29.8. The predicted molar refractivity (Wildman–Crippen MR) is 168 cm³/mol. The van der Waals surface area contributed by atoms with Gasteiger partial charge in [0, 0.05) is 37.1 Å². The Balaban J connectivity index is 1.24. The van der Waals surface area contributed by atoms with Crippen LogP contribution in [-0.2, 0) is 18.0 Å². The molecule has 4 aromatic rings. The molecule has 1 amide bonds. The number of aliphatic hydroxyl groups is 1. The fourth-order valence-corrected chi connectivity index (χ4v) is 5.34. The molecular weight excluding hydrogens is 594 g/mol. The topological polar surface area (TPSA) is 122 Å². The first kappa shape index (κ1) is 31.5. The zero-order valence-corrected chi connectivity index (χ0v) is 25.5. The first-order chi connectivity index (χ1) is 21.8. The number of aldehydes is 1. The molecule has 0 aliphatic carbocycles. The summed E-state index contributed by atoms with van der Waals surface area (Å²) in [6.45, 7) is 3.55. The smallest absolute Gasteiger partial charge is 0.226 e. The molecule has 0 radical (unpaired) electrons. The first-order valence-electron chi connectivity index (χ1n) is 14.5. The van der Waals surface area contributed by atoms with Gasteiger partial charge >= 0.3 is 0 Å². The maximum Gasteiger partial charge on any atom is 0.226 e. The molecule has 0 bridgehead atoms. The molecule has 0 unspecified atom stereocenters. The van der Waals surface area contributed by atoms with Crippen molar-refractivity contribution < 1.29 is 28.9 Å². The van der Waals surface area contributed by atoms with Gasteiger partial charge in [-0.05, 0) is 59.9 Å². The van der Waals surface area contributed by atoms with Crippen LogP contribution in [0, 0.1) is 18.3 Å². The number of β-amino-alcohol motifs (C(OH)–C–C–N with tert-alkyl or cyclic N) is 1. The Morgan fingerprint density at radius 1 is 1.09 bits per heavy atom. The molecule has 1 saturated heterocycles. The van der Waals surface area contributed by atoms with E-state index in [2.05, 4.69) is 4.98 Å². The van der Waals surface area contributed by atoms with Gasteiger partial charge in [-0.15, -0.1) is 0 Å². The second-order valence-electron chi connectivity index (χ2n) is 10.7. The van der Waals surface area contributed by atoms with Crippen molar-refractivity contribution in [3.63, 3.8) is 0 Å². The minimum atomic E-state index is -0.439. The van der Waals surface area contributed by atoms with Gasteiger partial charge in [0.15, 0.2) is 6.29 Å². The van der Waals surface area contributed by atoms with Gasteiger partial charge in [-0.1, -0.05) is 41.9 Å². The molecule has 1 aliphatic rings. The summed E-state index contributed by atoms with van der Waals surface area (Å²) in [5.41, 5.74) is 5.28. The Bertz CT molecular complexity index is 1740. The van der Waals surface area contributed by atoms with Gasteiger partial charge in [0.2, 0.25) is 5.91 Å². The van der Waals surface area contributed by atoms with Gasteiger partial charge in [0.1, 0.15) is 36.5 Å². The summed E-state index contributed by atoms with van der Waals surface area (Å²) in [5.74, 6) is 1.30. The van der Waals surface area contributed by atoms with Gasteiger partial charge in [-0.2, -0.15) is 5.26 Å². The Morgan fingerprint density at radius 3 is 2.69 bits per heavy atom. The summed E-state index contributed by atoms with van der Waals surface area (Å²) >= 11 is 6.46. The first-order valence-corrected chi connectivity index (χ1v) is 14.9. The molecule has 3 aromatic carbocycles. The normalized spacial score (nSPS) is 14.1. The summed E-state index contributed by atoms with van der Waals surface area (Å²) < 4.78 is 17.9. The molecule has 45 heavy (non-hydrogen) atoms. The average Bonchev–Trinajstić information content (AvgIpc) is 3.50. The van der Waals surface area contributed by atoms with Gasteiger partial charge in [0.25, 0.3) is 0 Å². The maximum absolute atomic E-state index is 12.4. The number of amides is 1. The number of halogens is 1. The van der Waals surface area contributed by atoms with Crippen LogP contribution in [0.1, 0.15) is 45.5 Å². The third-order valence-electron chi connectivity index (χ3n) is 7.58. The van der Waals surface area contributed by atoms with Gasteiger partial charge in [0.05, 0.1) is 35.3 Å². The van der Waals surface area contributed by atoms with Gasteiger partial charge in [-0.3, -0.25) is 14.6 Å². The molecule has 1 aromatic heterocycles. The molecule has 0 spiro atoms. The number of aliphatic hydroxyl groups excluding tert-OH is 1. The number of aromatic nitrogens is 1. The van der Waals surface area contributed by atoms with Crippen molar-refractivity contribution >= 4 is 23.8 Å². The van der Waals surface area contributed by atoms with Crippen LogP contribution in [0.2, 0.25) is 5.02 Å². The van der Waals surface area contributed by atoms with Gasteiger partial charge < -0.3 is 24.2 Å². The standard InChI is InChI=1S/C35H32ClN3O6/c1-23-27(22-45-34-15-33(28(20-40)14-32(34)36)44-21-25-12-24(16-37)17-38-18-25)5-3-7-31(23)26-4-2-6-30(13-26)43-11-9-35(42)39-10-8-29(41)19-39/h2-7,12-15,17-18,20,29,41H,8-11,19,21-22H2,1H3/t29-/m1/s1. The lowest BCUT2D eigenvalue weighted by atomic mass is 9.96. The zero-order chi connectivity index (χ0) is 31.8. The van der Waals surface area contributed by atoms with E-state index >= 15 is 0 Å². The van der Waals surface area contributed by atoms with E-state index < -0.39 is 6.10 Å². The van der Waals surface area contributed by atoms with E-state index in [0.717, 1.165) is 22.3 Å². The molecule has 10 heteroatoms. The zero-order valence-electron chi connectivity index (χ0n) is 24.7. The molecule has 1 atom stereocenters. The Hall–Kier alpha value is -4.91. The maximum atomic E-state index is 12.4. The van der Waals surface area contributed by atoms with Crippen LogP contribution in [0.5, 0.6) is 17.2 Å². The SMILES string of the molecule is Cc1c(COc2cc(OCc3cncc(C#N)c3)c(C=O)cc2Cl)cccc1-c1cccc(OCCC(=O)N2CC[C@@H](O)C2)c1. The van der Waals surface area contributed by atoms with Crippen molar-refractivity contribution in [2.75, 3.05) is 19.7 Å². The predicted octanol–water partition coefficient (Wildman–Crippen LogP) is 5.91. The summed E-state index contributed by atoms with van der Waals surface area (Å²) in [5, 5.41) is 19.1. The summed E-state index contributed by atoms with van der Waals surface area (Å²) in [7, 11) is 0. The second kappa shape index (κ2) is 14.7. The van der Waals surface area contributed by atoms with E-state index in [9.17, 15) is 14.7 Å². The molecule has 230 valence electrons. The molecule has 9 nitrogen and oxygen atoms in total. The lowest BCUT2D eigenvalue weighted by Crippen LogP contribution is -2.30. The highest BCUT2D eigenvalue weighted by Crippen LogP contribution is 2.34. The van der Waals surface area contributed by atoms with E-state index in [0.29, 0.717) is 54.2 Å². The number of hydrogen-bond acceptors (Lipinski definition) is 8. The number of nitrogens with zero attached hydrogens (tertiary/aromatic N) is 3. The lowest BCUT2D eigenvalue weighted by Gasteiger charge is -2.16. The number of rotatable bonds is 12. The van der Waals surface area contributed by atoms with Crippen LogP contribution >= 0.6 is 11.6 Å². The Labute approximate surface area is 266 Å². The molecular formula is C35H32ClN3O6. The number of carbonyl (C=O) groups is 2. The van der Waals surface area contributed by atoms with E-state index in [1.165, 1.54) is 12.3 Å². The summed E-state index contributed by atoms with van der Waals surface area (Å²) in [6.07, 6.45) is 4.14. The van der Waals surface area contributed by atoms with Crippen molar-refractivity contribution in [1.29, 1.82) is 5.26 Å². The number of likely N-dealkylation sites (tertiary alicyclic amines) is 1. The van der Waals surface area contributed by atoms with Crippen molar-refractivity contribution in [2.45, 2.75) is 39.1 Å². The third-order valence-corrected chi connectivity index (χ3v) is 7.88. The van der Waals surface area contributed by atoms with Crippen LogP contribution in [0.15, 0.2) is 73.1 Å². The minimum absolute atomic E-state index is 0.0199. The van der Waals surface area contributed by atoms with E-state index in [4.69, 9.17) is 31.1 Å². The quantitative estimate of drug-likeness (QED) is 0.193. The molecule has 0 saturated carbocycles. The van der Waals surface area contributed by atoms with E-state index in [1.807, 2.05) is 55.5 Å². The summed E-state index contributed by atoms with van der Waals surface area (Å²) in [6, 6.07) is 20.5. The number of pyridine rings is 1. The van der Waals surface area contributed by atoms with Gasteiger partial charge in [-0.25, -0.2) is 0 Å². The van der Waals surface area contributed by atoms with Crippen LogP contribution in [-0.4, -0.2) is 53.0 Å². The fourth-order valence-electron chi connectivity index (χ4n) is 5.11. The van der Waals surface area contributed by atoms with E-state index in [1.54, 1.807) is 23.2 Å². The number of carbonyl (C=O) groups excluding carboxylic acids is 2. The van der Waals surface area contributed by atoms with Crippen molar-refractivity contribution in [3.05, 3.63) is 106 Å². The molecule has 1 N–H and O–H groups in total. The Kier molecular flexibility index (Phi) is 10.3. The van der Waals surface area contributed by atoms with Crippen LogP contribution in [0.3, 0.4) is 0 Å². The number of benzene rings is 3. The van der Waals surface area contributed by atoms with Crippen molar-refractivity contribution in [3.8, 4) is 34.4 Å². The highest BCUT2D eigenvalue weighted by molar-refractivity contribution is 6.32. The monoisotopic (exact) mass is 625 g/mol. The van der Waals surface area contributed by atoms with Crippen LogP contribution < -0.4 is 14.2 Å². The fraction of sp³-hybridized carbons (Fsp3) is 0.257. The highest BCUT2D eigenvalue weighted by atomic mass is 35.5. The lowest BCUT2D eigenvalue weighted by molar-refractivity contribution is -0.131. The average molecular weight is 626 g/mol. The number of ether oxygens (including phenoxy) is 3. The van der Waals surface area contributed by atoms with Crippen molar-refractivity contribution in [1.82, 2.24) is 9.88 Å². The molecule has 1 aliphatic heterocycles. The number of hydrogen-bond donors (Lipinski definition) is 1. The van der Waals surface area contributed by atoms with Crippen LogP contribution in [0.4, 0.5) is 0 Å². The molecule has 5 rings (SSSR count). The van der Waals surface area contributed by atoms with Crippen LogP contribution in [0.25, 0.3) is 11.1 Å². The van der Waals surface area contributed by atoms with E-state index in [-0.39, 0.29) is 42.7 Å².